The van der Waals surface area contributed by atoms with Gasteiger partial charge in [0.15, 0.2) is 0 Å². The first-order valence-corrected chi connectivity index (χ1v) is 8.92. The topological polar surface area (TPSA) is 78.2 Å². The zero-order valence-electron chi connectivity index (χ0n) is 15.3. The number of rotatable bonds is 6. The van der Waals surface area contributed by atoms with Gasteiger partial charge in [-0.15, -0.1) is 11.3 Å². The van der Waals surface area contributed by atoms with Crippen molar-refractivity contribution >= 4 is 17.4 Å². The molecule has 0 atom stereocenters. The molecular formula is C17H23FN4O3S. The summed E-state index contributed by atoms with van der Waals surface area (Å²) in [5.41, 5.74) is -0.776. The second-order valence-corrected chi connectivity index (χ2v) is 8.21. The number of hydrogen-bond acceptors (Lipinski definition) is 5. The molecule has 2 aromatic rings. The second-order valence-electron chi connectivity index (χ2n) is 6.83. The number of aromatic nitrogens is 3. The van der Waals surface area contributed by atoms with E-state index in [4.69, 9.17) is 4.74 Å². The molecule has 1 amide bonds. The highest BCUT2D eigenvalue weighted by Gasteiger charge is 2.16. The van der Waals surface area contributed by atoms with E-state index in [-0.39, 0.29) is 24.4 Å². The fraction of sp³-hybridized carbons (Fsp3) is 0.471. The molecular weight excluding hydrogens is 359 g/mol. The fourth-order valence-corrected chi connectivity index (χ4v) is 3.04. The van der Waals surface area contributed by atoms with Crippen molar-refractivity contribution in [3.05, 3.63) is 50.6 Å². The lowest BCUT2D eigenvalue weighted by Gasteiger charge is -2.19. The maximum Gasteiger partial charge on any atom is 0.407 e. The molecule has 26 heavy (non-hydrogen) atoms. The van der Waals surface area contributed by atoms with E-state index >= 15 is 0 Å². The molecule has 0 saturated heterocycles. The van der Waals surface area contributed by atoms with Crippen molar-refractivity contribution < 1.29 is 13.9 Å². The van der Waals surface area contributed by atoms with Gasteiger partial charge in [-0.25, -0.2) is 18.7 Å². The number of amides is 1. The van der Waals surface area contributed by atoms with Crippen LogP contribution in [-0.4, -0.2) is 32.6 Å². The van der Waals surface area contributed by atoms with Crippen LogP contribution in [0.15, 0.2) is 35.2 Å². The predicted molar refractivity (Wildman–Crippen MR) is 98.1 cm³/mol. The number of hydrogen-bond donors (Lipinski definition) is 1. The number of halogens is 1. The van der Waals surface area contributed by atoms with Crippen molar-refractivity contribution in [3.8, 4) is 0 Å². The van der Waals surface area contributed by atoms with E-state index in [0.29, 0.717) is 12.9 Å². The first-order valence-electron chi connectivity index (χ1n) is 8.10. The average molecular weight is 382 g/mol. The summed E-state index contributed by atoms with van der Waals surface area (Å²) in [6.45, 7) is 7.49. The van der Waals surface area contributed by atoms with E-state index in [9.17, 15) is 14.0 Å². The predicted octanol–water partition coefficient (Wildman–Crippen LogP) is 2.84. The summed E-state index contributed by atoms with van der Waals surface area (Å²) in [5, 5.41) is 6.47. The van der Waals surface area contributed by atoms with Gasteiger partial charge in [0.25, 0.3) is 0 Å². The van der Waals surface area contributed by atoms with Crippen molar-refractivity contribution in [1.29, 1.82) is 0 Å². The van der Waals surface area contributed by atoms with Crippen LogP contribution in [-0.2, 0) is 17.8 Å². The minimum absolute atomic E-state index is 0.0540. The van der Waals surface area contributed by atoms with Gasteiger partial charge in [0.05, 0.1) is 19.4 Å². The number of alkyl carbamates (subject to hydrolysis) is 1. The number of aryl methyl sites for hydroxylation is 1. The molecule has 0 bridgehead atoms. The molecule has 2 heterocycles. The third kappa shape index (κ3) is 5.83. The summed E-state index contributed by atoms with van der Waals surface area (Å²) in [4.78, 5) is 26.2. The highest BCUT2D eigenvalue weighted by atomic mass is 32.1. The zero-order valence-corrected chi connectivity index (χ0v) is 16.1. The Morgan fingerprint density at radius 1 is 1.42 bits per heavy atom. The van der Waals surface area contributed by atoms with Crippen LogP contribution in [0, 0.1) is 6.92 Å². The maximum absolute atomic E-state index is 13.1. The fourth-order valence-electron chi connectivity index (χ4n) is 2.15. The molecule has 0 spiro atoms. The Labute approximate surface area is 155 Å². The lowest BCUT2D eigenvalue weighted by Crippen LogP contribution is -2.34. The number of ether oxygens (including phenoxy) is 1. The molecule has 0 unspecified atom stereocenters. The van der Waals surface area contributed by atoms with Crippen LogP contribution in [0.4, 0.5) is 9.18 Å². The van der Waals surface area contributed by atoms with Crippen LogP contribution in [0.1, 0.15) is 30.5 Å². The van der Waals surface area contributed by atoms with Crippen molar-refractivity contribution in [1.82, 2.24) is 19.7 Å². The molecule has 0 radical (unpaired) electrons. The molecule has 2 aromatic heterocycles. The van der Waals surface area contributed by atoms with Crippen molar-refractivity contribution in [2.45, 2.75) is 46.4 Å². The Bertz CT molecular complexity index is 845. The van der Waals surface area contributed by atoms with Gasteiger partial charge in [-0.05, 0) is 45.4 Å². The zero-order chi connectivity index (χ0) is 19.3. The summed E-state index contributed by atoms with van der Waals surface area (Å²) in [6, 6.07) is 3.95. The summed E-state index contributed by atoms with van der Waals surface area (Å²) in [6.07, 6.45) is 1.14. The summed E-state index contributed by atoms with van der Waals surface area (Å²) in [7, 11) is 0. The van der Waals surface area contributed by atoms with Crippen molar-refractivity contribution in [2.24, 2.45) is 0 Å². The third-order valence-electron chi connectivity index (χ3n) is 3.28. The van der Waals surface area contributed by atoms with Gasteiger partial charge in [0.1, 0.15) is 11.9 Å². The minimum Gasteiger partial charge on any atom is -0.444 e. The number of nitrogens with one attached hydrogen (secondary N) is 1. The van der Waals surface area contributed by atoms with E-state index in [2.05, 4.69) is 10.4 Å². The Kier molecular flexibility index (Phi) is 6.36. The summed E-state index contributed by atoms with van der Waals surface area (Å²) < 4.78 is 20.8. The van der Waals surface area contributed by atoms with Gasteiger partial charge in [0, 0.05) is 16.3 Å². The van der Waals surface area contributed by atoms with E-state index in [1.54, 1.807) is 32.1 Å². The number of nitrogens with zero attached hydrogens (tertiary/aromatic N) is 3. The second kappa shape index (κ2) is 8.31. The normalized spacial score (nSPS) is 12.3. The number of thiophene rings is 1. The van der Waals surface area contributed by atoms with Gasteiger partial charge in [-0.3, -0.25) is 4.57 Å². The third-order valence-corrected chi connectivity index (χ3v) is 4.27. The van der Waals surface area contributed by atoms with E-state index in [1.807, 2.05) is 19.1 Å². The highest BCUT2D eigenvalue weighted by molar-refractivity contribution is 7.11. The molecule has 0 aromatic carbocycles. The van der Waals surface area contributed by atoms with Gasteiger partial charge >= 0.3 is 11.8 Å². The maximum atomic E-state index is 13.1. The average Bonchev–Trinajstić information content (AvgIpc) is 3.09. The SMILES string of the molecule is Cc1ccc(Cn2cnn(CC(=CF)CNC(=O)OC(C)(C)C)c2=O)s1. The minimum atomic E-state index is -0.650. The number of carbonyl (C=O) groups excluding carboxylic acids is 1. The standard InChI is InChI=1S/C17H23FN4O3S/c1-12-5-6-14(26-12)10-21-11-20-22(16(21)24)9-13(7-18)8-19-15(23)25-17(2,3)4/h5-7,11H,8-10H2,1-4H3,(H,19,23). The molecule has 0 aliphatic rings. The molecule has 7 nitrogen and oxygen atoms in total. The molecule has 0 aliphatic carbocycles. The van der Waals surface area contributed by atoms with Crippen molar-refractivity contribution in [3.63, 3.8) is 0 Å². The Balaban J connectivity index is 1.96. The van der Waals surface area contributed by atoms with Gasteiger partial charge in [-0.2, -0.15) is 5.10 Å². The molecule has 1 N–H and O–H groups in total. The van der Waals surface area contributed by atoms with Gasteiger partial charge < -0.3 is 10.1 Å². The van der Waals surface area contributed by atoms with E-state index < -0.39 is 11.7 Å². The first-order chi connectivity index (χ1) is 12.2. The summed E-state index contributed by atoms with van der Waals surface area (Å²) >= 11 is 1.61. The summed E-state index contributed by atoms with van der Waals surface area (Å²) in [5.74, 6) is 0. The molecule has 0 fully saturated rings. The van der Waals surface area contributed by atoms with Crippen LogP contribution < -0.4 is 11.0 Å². The molecule has 9 heteroatoms. The van der Waals surface area contributed by atoms with Crippen LogP contribution in [0.2, 0.25) is 0 Å². The number of carbonyl (C=O) groups is 1. The molecule has 0 saturated carbocycles. The lowest BCUT2D eigenvalue weighted by atomic mass is 10.2. The Morgan fingerprint density at radius 3 is 2.73 bits per heavy atom. The monoisotopic (exact) mass is 382 g/mol. The molecule has 2 rings (SSSR count). The smallest absolute Gasteiger partial charge is 0.407 e. The lowest BCUT2D eigenvalue weighted by molar-refractivity contribution is 0.0532. The first kappa shape index (κ1) is 19.9. The Hall–Kier alpha value is -2.42. The Morgan fingerprint density at radius 2 is 2.15 bits per heavy atom. The van der Waals surface area contributed by atoms with E-state index in [1.165, 1.54) is 10.9 Å². The largest absolute Gasteiger partial charge is 0.444 e. The quantitative estimate of drug-likeness (QED) is 0.833. The molecule has 0 aliphatic heterocycles. The van der Waals surface area contributed by atoms with E-state index in [0.717, 1.165) is 14.4 Å². The van der Waals surface area contributed by atoms with Crippen molar-refractivity contribution in [2.75, 3.05) is 6.54 Å². The van der Waals surface area contributed by atoms with Crippen LogP contribution >= 0.6 is 11.3 Å². The van der Waals surface area contributed by atoms with Gasteiger partial charge in [0.2, 0.25) is 0 Å². The van der Waals surface area contributed by atoms with Crippen LogP contribution in [0.5, 0.6) is 0 Å². The molecule has 142 valence electrons. The van der Waals surface area contributed by atoms with Gasteiger partial charge in [-0.1, -0.05) is 0 Å². The highest BCUT2D eigenvalue weighted by Crippen LogP contribution is 2.15. The van der Waals surface area contributed by atoms with Crippen LogP contribution in [0.25, 0.3) is 0 Å². The van der Waals surface area contributed by atoms with Crippen LogP contribution in [0.3, 0.4) is 0 Å².